The lowest BCUT2D eigenvalue weighted by Crippen LogP contribution is -2.14. The summed E-state index contributed by atoms with van der Waals surface area (Å²) < 4.78 is 0. The Bertz CT molecular complexity index is 670. The van der Waals surface area contributed by atoms with E-state index < -0.39 is 0 Å². The van der Waals surface area contributed by atoms with Gasteiger partial charge in [-0.2, -0.15) is 0 Å². The van der Waals surface area contributed by atoms with E-state index in [0.29, 0.717) is 16.9 Å². The number of hydrogen-bond donors (Lipinski definition) is 2. The summed E-state index contributed by atoms with van der Waals surface area (Å²) in [6.07, 6.45) is 4.68. The molecule has 0 spiro atoms. The second-order valence-corrected chi connectivity index (χ2v) is 4.06. The van der Waals surface area contributed by atoms with E-state index in [1.165, 1.54) is 12.4 Å². The lowest BCUT2D eigenvalue weighted by atomic mass is 10.1. The van der Waals surface area contributed by atoms with Gasteiger partial charge in [-0.25, -0.2) is 4.98 Å². The Labute approximate surface area is 116 Å². The summed E-state index contributed by atoms with van der Waals surface area (Å²) >= 11 is 0. The number of nitrogens with zero attached hydrogens (tertiary/aromatic N) is 2. The van der Waals surface area contributed by atoms with Crippen molar-refractivity contribution in [3.05, 3.63) is 53.5 Å². The van der Waals surface area contributed by atoms with Crippen molar-refractivity contribution in [1.29, 1.82) is 0 Å². The highest BCUT2D eigenvalue weighted by atomic mass is 16.2. The summed E-state index contributed by atoms with van der Waals surface area (Å²) in [5.41, 5.74) is 1.87. The predicted molar refractivity (Wildman–Crippen MR) is 75.1 cm³/mol. The van der Waals surface area contributed by atoms with Gasteiger partial charge < -0.3 is 10.4 Å². The van der Waals surface area contributed by atoms with E-state index in [4.69, 9.17) is 5.11 Å². The number of aromatic nitrogens is 2. The average Bonchev–Trinajstić information content (AvgIpc) is 2.47. The fraction of sp³-hybridized carbons (Fsp3) is 0.133. The molecule has 0 aromatic carbocycles. The van der Waals surface area contributed by atoms with Crippen LogP contribution in [-0.4, -0.2) is 27.6 Å². The predicted octanol–water partition coefficient (Wildman–Crippen LogP) is 1.38. The monoisotopic (exact) mass is 267 g/mol. The van der Waals surface area contributed by atoms with Crippen LogP contribution < -0.4 is 5.32 Å². The fourth-order valence-electron chi connectivity index (χ4n) is 1.55. The van der Waals surface area contributed by atoms with Gasteiger partial charge in [-0.1, -0.05) is 17.9 Å². The van der Waals surface area contributed by atoms with Gasteiger partial charge in [-0.05, 0) is 24.6 Å². The molecular weight excluding hydrogens is 254 g/mol. The standard InChI is InChI=1S/C15H13N3O2/c1-11-4-5-14(17-9-11)18-15(20)13-6-7-16-10-12(13)3-2-8-19/h4-7,9-10,19H,8H2,1H3,(H,17,18,20). The molecule has 2 aromatic rings. The van der Waals surface area contributed by atoms with Gasteiger partial charge in [0, 0.05) is 18.6 Å². The van der Waals surface area contributed by atoms with Crippen LogP contribution >= 0.6 is 0 Å². The highest BCUT2D eigenvalue weighted by Crippen LogP contribution is 2.10. The Morgan fingerprint density at radius 1 is 1.35 bits per heavy atom. The first-order valence-corrected chi connectivity index (χ1v) is 5.98. The van der Waals surface area contributed by atoms with Crippen LogP contribution in [-0.2, 0) is 0 Å². The molecule has 20 heavy (non-hydrogen) atoms. The number of hydrogen-bond acceptors (Lipinski definition) is 4. The molecule has 0 bridgehead atoms. The minimum absolute atomic E-state index is 0.268. The van der Waals surface area contributed by atoms with Crippen LogP contribution in [0.15, 0.2) is 36.8 Å². The molecule has 5 heteroatoms. The molecule has 0 atom stereocenters. The van der Waals surface area contributed by atoms with Crippen LogP contribution in [0.2, 0.25) is 0 Å². The largest absolute Gasteiger partial charge is 0.384 e. The number of aliphatic hydroxyl groups excluding tert-OH is 1. The van der Waals surface area contributed by atoms with Gasteiger partial charge in [-0.15, -0.1) is 0 Å². The molecule has 1 amide bonds. The SMILES string of the molecule is Cc1ccc(NC(=O)c2ccncc2C#CCO)nc1. The summed E-state index contributed by atoms with van der Waals surface area (Å²) in [4.78, 5) is 20.2. The van der Waals surface area contributed by atoms with E-state index in [9.17, 15) is 4.79 Å². The maximum atomic E-state index is 12.2. The molecule has 0 aliphatic carbocycles. The normalized spacial score (nSPS) is 9.50. The van der Waals surface area contributed by atoms with E-state index in [1.54, 1.807) is 18.3 Å². The second kappa shape index (κ2) is 6.45. The van der Waals surface area contributed by atoms with E-state index in [2.05, 4.69) is 27.1 Å². The molecule has 0 saturated carbocycles. The van der Waals surface area contributed by atoms with Gasteiger partial charge in [0.15, 0.2) is 0 Å². The summed E-state index contributed by atoms with van der Waals surface area (Å²) in [5, 5.41) is 11.4. The first-order valence-electron chi connectivity index (χ1n) is 5.98. The summed E-state index contributed by atoms with van der Waals surface area (Å²) in [6.45, 7) is 1.65. The number of aryl methyl sites for hydroxylation is 1. The molecule has 0 saturated heterocycles. The van der Waals surface area contributed by atoms with Crippen molar-refractivity contribution < 1.29 is 9.90 Å². The smallest absolute Gasteiger partial charge is 0.258 e. The zero-order valence-corrected chi connectivity index (χ0v) is 10.9. The quantitative estimate of drug-likeness (QED) is 0.806. The third-order valence-electron chi connectivity index (χ3n) is 2.52. The number of carbonyl (C=O) groups is 1. The summed E-state index contributed by atoms with van der Waals surface area (Å²) in [5.74, 6) is 5.35. The molecule has 2 N–H and O–H groups in total. The van der Waals surface area contributed by atoms with Gasteiger partial charge in [0.1, 0.15) is 12.4 Å². The zero-order chi connectivity index (χ0) is 14.4. The molecule has 0 radical (unpaired) electrons. The van der Waals surface area contributed by atoms with Crippen LogP contribution in [0, 0.1) is 18.8 Å². The number of pyridine rings is 2. The van der Waals surface area contributed by atoms with Crippen molar-refractivity contribution in [2.45, 2.75) is 6.92 Å². The van der Waals surface area contributed by atoms with Gasteiger partial charge in [0.05, 0.1) is 11.1 Å². The topological polar surface area (TPSA) is 75.1 Å². The molecule has 0 aliphatic heterocycles. The lowest BCUT2D eigenvalue weighted by Gasteiger charge is -2.06. The molecule has 0 unspecified atom stereocenters. The Kier molecular flexibility index (Phi) is 4.43. The van der Waals surface area contributed by atoms with Crippen molar-refractivity contribution in [3.63, 3.8) is 0 Å². The molecule has 2 heterocycles. The highest BCUT2D eigenvalue weighted by molar-refractivity contribution is 6.05. The van der Waals surface area contributed by atoms with Gasteiger partial charge >= 0.3 is 0 Å². The molecule has 0 aliphatic rings. The molecule has 0 fully saturated rings. The van der Waals surface area contributed by atoms with Gasteiger partial charge in [0.2, 0.25) is 0 Å². The van der Waals surface area contributed by atoms with Crippen molar-refractivity contribution in [2.75, 3.05) is 11.9 Å². The molecular formula is C15H13N3O2. The summed E-state index contributed by atoms with van der Waals surface area (Å²) in [6, 6.07) is 5.17. The number of carbonyl (C=O) groups excluding carboxylic acids is 1. The van der Waals surface area contributed by atoms with Crippen LogP contribution in [0.25, 0.3) is 0 Å². The number of aliphatic hydroxyl groups is 1. The minimum Gasteiger partial charge on any atom is -0.384 e. The molecule has 2 rings (SSSR count). The Balaban J connectivity index is 2.23. The van der Waals surface area contributed by atoms with Crippen LogP contribution in [0.4, 0.5) is 5.82 Å². The third kappa shape index (κ3) is 3.40. The third-order valence-corrected chi connectivity index (χ3v) is 2.52. The second-order valence-electron chi connectivity index (χ2n) is 4.06. The Morgan fingerprint density at radius 2 is 2.20 bits per heavy atom. The maximum Gasteiger partial charge on any atom is 0.258 e. The lowest BCUT2D eigenvalue weighted by molar-refractivity contribution is 0.102. The number of rotatable bonds is 2. The zero-order valence-electron chi connectivity index (χ0n) is 10.9. The van der Waals surface area contributed by atoms with Gasteiger partial charge in [0.25, 0.3) is 5.91 Å². The Morgan fingerprint density at radius 3 is 2.90 bits per heavy atom. The van der Waals surface area contributed by atoms with Gasteiger partial charge in [-0.3, -0.25) is 9.78 Å². The van der Waals surface area contributed by atoms with E-state index in [1.807, 2.05) is 13.0 Å². The molecule has 100 valence electrons. The van der Waals surface area contributed by atoms with Crippen molar-refractivity contribution in [2.24, 2.45) is 0 Å². The van der Waals surface area contributed by atoms with Crippen LogP contribution in [0.1, 0.15) is 21.5 Å². The maximum absolute atomic E-state index is 12.2. The van der Waals surface area contributed by atoms with E-state index in [-0.39, 0.29) is 12.5 Å². The first kappa shape index (κ1) is 13.7. The van der Waals surface area contributed by atoms with E-state index >= 15 is 0 Å². The van der Waals surface area contributed by atoms with Crippen LogP contribution in [0.3, 0.4) is 0 Å². The van der Waals surface area contributed by atoms with Crippen molar-refractivity contribution in [3.8, 4) is 11.8 Å². The number of amides is 1. The highest BCUT2D eigenvalue weighted by Gasteiger charge is 2.10. The van der Waals surface area contributed by atoms with Crippen LogP contribution in [0.5, 0.6) is 0 Å². The fourth-order valence-corrected chi connectivity index (χ4v) is 1.55. The Hall–Kier alpha value is -2.71. The first-order chi connectivity index (χ1) is 9.70. The number of nitrogens with one attached hydrogen (secondary N) is 1. The number of anilines is 1. The summed E-state index contributed by atoms with van der Waals surface area (Å²) in [7, 11) is 0. The minimum atomic E-state index is -0.314. The average molecular weight is 267 g/mol. The molecule has 2 aromatic heterocycles. The molecule has 5 nitrogen and oxygen atoms in total. The van der Waals surface area contributed by atoms with Crippen molar-refractivity contribution in [1.82, 2.24) is 9.97 Å². The van der Waals surface area contributed by atoms with Crippen molar-refractivity contribution >= 4 is 11.7 Å². The van der Waals surface area contributed by atoms with E-state index in [0.717, 1.165) is 5.56 Å².